The van der Waals surface area contributed by atoms with Crippen LogP contribution in [0.5, 0.6) is 5.75 Å². The Kier molecular flexibility index (Phi) is 4.31. The molecule has 0 saturated heterocycles. The molecule has 1 aliphatic carbocycles. The molecule has 4 nitrogen and oxygen atoms in total. The van der Waals surface area contributed by atoms with E-state index in [1.165, 1.54) is 12.7 Å². The van der Waals surface area contributed by atoms with E-state index in [-0.39, 0.29) is 4.90 Å². The minimum atomic E-state index is -3.68. The first kappa shape index (κ1) is 15.9. The zero-order valence-corrected chi connectivity index (χ0v) is 14.2. The smallest absolute Gasteiger partial charge is 0.265 e. The molecule has 0 bridgehead atoms. The first-order valence-electron chi connectivity index (χ1n) is 7.79. The van der Waals surface area contributed by atoms with Gasteiger partial charge in [0.25, 0.3) is 10.0 Å². The van der Waals surface area contributed by atoms with Crippen molar-refractivity contribution >= 4 is 15.7 Å². The zero-order valence-electron chi connectivity index (χ0n) is 13.4. The largest absolute Gasteiger partial charge is 0.495 e. The number of hydrogen-bond acceptors (Lipinski definition) is 3. The van der Waals surface area contributed by atoms with Gasteiger partial charge in [-0.25, -0.2) is 8.42 Å². The lowest BCUT2D eigenvalue weighted by atomic mass is 9.92. The highest BCUT2D eigenvalue weighted by molar-refractivity contribution is 7.92. The van der Waals surface area contributed by atoms with Crippen molar-refractivity contribution in [2.24, 2.45) is 0 Å². The molecule has 1 aliphatic rings. The Morgan fingerprint density at radius 3 is 2.39 bits per heavy atom. The summed E-state index contributed by atoms with van der Waals surface area (Å²) in [5.41, 5.74) is 3.87. The molecule has 1 N–H and O–H groups in total. The second-order valence-corrected chi connectivity index (χ2v) is 7.60. The van der Waals surface area contributed by atoms with E-state index >= 15 is 0 Å². The van der Waals surface area contributed by atoms with E-state index in [1.807, 2.05) is 31.2 Å². The van der Waals surface area contributed by atoms with Crippen molar-refractivity contribution in [2.75, 3.05) is 11.8 Å². The van der Waals surface area contributed by atoms with Gasteiger partial charge in [-0.1, -0.05) is 12.1 Å². The lowest BCUT2D eigenvalue weighted by molar-refractivity contribution is 0.401. The molecule has 0 aliphatic heterocycles. The van der Waals surface area contributed by atoms with Crippen molar-refractivity contribution in [2.45, 2.75) is 37.5 Å². The number of anilines is 1. The van der Waals surface area contributed by atoms with Gasteiger partial charge in [-0.2, -0.15) is 0 Å². The number of benzene rings is 2. The van der Waals surface area contributed by atoms with Gasteiger partial charge in [0, 0.05) is 5.69 Å². The maximum Gasteiger partial charge on any atom is 0.265 e. The standard InChI is InChI=1S/C18H21NO3S/c1-13-6-5-9-16(10-13)19-23(20,21)18-12-15-8-4-3-7-14(15)11-17(18)22-2/h5-6,9-12,19H,3-4,7-8H2,1-2H3. The van der Waals surface area contributed by atoms with Crippen molar-refractivity contribution < 1.29 is 13.2 Å². The van der Waals surface area contributed by atoms with Crippen molar-refractivity contribution in [1.29, 1.82) is 0 Å². The summed E-state index contributed by atoms with van der Waals surface area (Å²) in [5, 5.41) is 0. The van der Waals surface area contributed by atoms with Crippen LogP contribution in [0, 0.1) is 6.92 Å². The Labute approximate surface area is 137 Å². The lowest BCUT2D eigenvalue weighted by Crippen LogP contribution is -2.16. The van der Waals surface area contributed by atoms with E-state index in [4.69, 9.17) is 4.74 Å². The number of fused-ring (bicyclic) bond motifs is 1. The maximum atomic E-state index is 12.8. The summed E-state index contributed by atoms with van der Waals surface area (Å²) in [6.07, 6.45) is 4.15. The van der Waals surface area contributed by atoms with Gasteiger partial charge in [-0.3, -0.25) is 4.72 Å². The minimum Gasteiger partial charge on any atom is -0.495 e. The molecule has 0 amide bonds. The van der Waals surface area contributed by atoms with Gasteiger partial charge < -0.3 is 4.74 Å². The van der Waals surface area contributed by atoms with Crippen LogP contribution in [-0.4, -0.2) is 15.5 Å². The first-order chi connectivity index (χ1) is 11.0. The van der Waals surface area contributed by atoms with Crippen LogP contribution in [0.15, 0.2) is 41.3 Å². The van der Waals surface area contributed by atoms with Crippen molar-refractivity contribution in [3.63, 3.8) is 0 Å². The van der Waals surface area contributed by atoms with Crippen LogP contribution >= 0.6 is 0 Å². The number of methoxy groups -OCH3 is 1. The summed E-state index contributed by atoms with van der Waals surface area (Å²) in [7, 11) is -2.17. The van der Waals surface area contributed by atoms with Gasteiger partial charge in [0.15, 0.2) is 0 Å². The van der Waals surface area contributed by atoms with Crippen LogP contribution in [-0.2, 0) is 22.9 Å². The highest BCUT2D eigenvalue weighted by atomic mass is 32.2. The number of hydrogen-bond donors (Lipinski definition) is 1. The van der Waals surface area contributed by atoms with Crippen LogP contribution < -0.4 is 9.46 Å². The molecular weight excluding hydrogens is 310 g/mol. The highest BCUT2D eigenvalue weighted by Gasteiger charge is 2.23. The predicted octanol–water partition coefficient (Wildman–Crippen LogP) is 3.68. The topological polar surface area (TPSA) is 55.4 Å². The van der Waals surface area contributed by atoms with Crippen LogP contribution in [0.4, 0.5) is 5.69 Å². The fraction of sp³-hybridized carbons (Fsp3) is 0.333. The maximum absolute atomic E-state index is 12.8. The molecule has 0 atom stereocenters. The molecule has 0 unspecified atom stereocenters. The van der Waals surface area contributed by atoms with Crippen LogP contribution in [0.3, 0.4) is 0 Å². The predicted molar refractivity (Wildman–Crippen MR) is 91.6 cm³/mol. The number of rotatable bonds is 4. The SMILES string of the molecule is COc1cc2c(cc1S(=O)(=O)Nc1cccc(C)c1)CCCC2. The number of nitrogens with one attached hydrogen (secondary N) is 1. The summed E-state index contributed by atoms with van der Waals surface area (Å²) in [5.74, 6) is 0.408. The lowest BCUT2D eigenvalue weighted by Gasteiger charge is -2.19. The summed E-state index contributed by atoms with van der Waals surface area (Å²) in [6, 6.07) is 11.0. The fourth-order valence-electron chi connectivity index (χ4n) is 3.03. The van der Waals surface area contributed by atoms with E-state index in [2.05, 4.69) is 4.72 Å². The van der Waals surface area contributed by atoms with E-state index in [0.29, 0.717) is 11.4 Å². The van der Waals surface area contributed by atoms with E-state index in [1.54, 1.807) is 12.1 Å². The van der Waals surface area contributed by atoms with E-state index < -0.39 is 10.0 Å². The molecule has 0 aromatic heterocycles. The third-order valence-corrected chi connectivity index (χ3v) is 5.59. The molecule has 0 radical (unpaired) electrons. The Balaban J connectivity index is 2.01. The molecule has 0 fully saturated rings. The molecular formula is C18H21NO3S. The Hall–Kier alpha value is -2.01. The average Bonchev–Trinajstić information content (AvgIpc) is 2.53. The van der Waals surface area contributed by atoms with Gasteiger partial charge in [-0.15, -0.1) is 0 Å². The summed E-state index contributed by atoms with van der Waals surface area (Å²) < 4.78 is 33.6. The number of aryl methyl sites for hydroxylation is 3. The summed E-state index contributed by atoms with van der Waals surface area (Å²) in [6.45, 7) is 1.93. The molecule has 3 rings (SSSR count). The van der Waals surface area contributed by atoms with Gasteiger partial charge in [-0.05, 0) is 73.6 Å². The number of ether oxygens (including phenoxy) is 1. The summed E-state index contributed by atoms with van der Waals surface area (Å²) >= 11 is 0. The average molecular weight is 331 g/mol. The Morgan fingerprint density at radius 2 is 1.74 bits per heavy atom. The van der Waals surface area contributed by atoms with Gasteiger partial charge in [0.05, 0.1) is 7.11 Å². The van der Waals surface area contributed by atoms with Gasteiger partial charge >= 0.3 is 0 Å². The molecule has 0 heterocycles. The third kappa shape index (κ3) is 3.34. The Bertz CT molecular complexity index is 828. The first-order valence-corrected chi connectivity index (χ1v) is 9.27. The normalized spacial score (nSPS) is 14.2. The van der Waals surface area contributed by atoms with Crippen molar-refractivity contribution in [3.05, 3.63) is 53.1 Å². The highest BCUT2D eigenvalue weighted by Crippen LogP contribution is 2.32. The zero-order chi connectivity index (χ0) is 16.4. The van der Waals surface area contributed by atoms with Crippen LogP contribution in [0.25, 0.3) is 0 Å². The van der Waals surface area contributed by atoms with E-state index in [0.717, 1.165) is 36.8 Å². The van der Waals surface area contributed by atoms with Crippen molar-refractivity contribution in [3.8, 4) is 5.75 Å². The quantitative estimate of drug-likeness (QED) is 0.930. The minimum absolute atomic E-state index is 0.210. The summed E-state index contributed by atoms with van der Waals surface area (Å²) in [4.78, 5) is 0.210. The molecule has 2 aromatic rings. The fourth-order valence-corrected chi connectivity index (χ4v) is 4.28. The molecule has 5 heteroatoms. The second-order valence-electron chi connectivity index (χ2n) is 5.95. The van der Waals surface area contributed by atoms with E-state index in [9.17, 15) is 8.42 Å². The monoisotopic (exact) mass is 331 g/mol. The van der Waals surface area contributed by atoms with Gasteiger partial charge in [0.1, 0.15) is 10.6 Å². The molecule has 0 saturated carbocycles. The Morgan fingerprint density at radius 1 is 1.04 bits per heavy atom. The molecule has 2 aromatic carbocycles. The molecule has 122 valence electrons. The molecule has 0 spiro atoms. The second kappa shape index (κ2) is 6.24. The van der Waals surface area contributed by atoms with Crippen LogP contribution in [0.1, 0.15) is 29.5 Å². The van der Waals surface area contributed by atoms with Gasteiger partial charge in [0.2, 0.25) is 0 Å². The molecule has 23 heavy (non-hydrogen) atoms. The number of sulfonamides is 1. The third-order valence-electron chi connectivity index (χ3n) is 4.19. The van der Waals surface area contributed by atoms with Crippen LogP contribution in [0.2, 0.25) is 0 Å². The van der Waals surface area contributed by atoms with Crippen molar-refractivity contribution in [1.82, 2.24) is 0 Å².